The van der Waals surface area contributed by atoms with Gasteiger partial charge in [-0.1, -0.05) is 0 Å². The fourth-order valence-corrected chi connectivity index (χ4v) is 2.14. The third-order valence-electron chi connectivity index (χ3n) is 2.34. The van der Waals surface area contributed by atoms with Crippen LogP contribution in [0.25, 0.3) is 0 Å². The van der Waals surface area contributed by atoms with Gasteiger partial charge in [-0.05, 0) is 32.9 Å². The summed E-state index contributed by atoms with van der Waals surface area (Å²) in [6, 6.07) is 4.12. The average molecular weight is 199 g/mol. The van der Waals surface area contributed by atoms with Crippen LogP contribution >= 0.6 is 11.3 Å². The lowest BCUT2D eigenvalue weighted by molar-refractivity contribution is 0.000863. The summed E-state index contributed by atoms with van der Waals surface area (Å²) in [6.45, 7) is 6.10. The molecule has 0 saturated carbocycles. The Kier molecular flexibility index (Phi) is 3.11. The van der Waals surface area contributed by atoms with Crippen molar-refractivity contribution in [1.29, 1.82) is 0 Å². The molecule has 2 nitrogen and oxygen atoms in total. The minimum Gasteiger partial charge on any atom is -0.377 e. The van der Waals surface area contributed by atoms with Crippen LogP contribution in [0.4, 0.5) is 0 Å². The molecule has 3 heteroatoms. The molecule has 1 atom stereocenters. The summed E-state index contributed by atoms with van der Waals surface area (Å²) >= 11 is 1.73. The third kappa shape index (κ3) is 2.30. The highest BCUT2D eigenvalue weighted by Gasteiger charge is 2.28. The topological polar surface area (TPSA) is 35.2 Å². The smallest absolute Gasteiger partial charge is 0.0822 e. The molecule has 0 amide bonds. The van der Waals surface area contributed by atoms with E-state index in [1.54, 1.807) is 18.4 Å². The van der Waals surface area contributed by atoms with Crippen molar-refractivity contribution in [3.05, 3.63) is 21.9 Å². The van der Waals surface area contributed by atoms with Gasteiger partial charge in [-0.3, -0.25) is 0 Å². The van der Waals surface area contributed by atoms with E-state index in [2.05, 4.69) is 19.1 Å². The van der Waals surface area contributed by atoms with Crippen LogP contribution in [-0.2, 0) is 4.74 Å². The monoisotopic (exact) mass is 199 g/mol. The second-order valence-electron chi connectivity index (χ2n) is 3.73. The zero-order valence-corrected chi connectivity index (χ0v) is 9.44. The molecule has 0 aliphatic rings. The first-order chi connectivity index (χ1) is 5.97. The lowest BCUT2D eigenvalue weighted by atomic mass is 9.98. The molecule has 13 heavy (non-hydrogen) atoms. The predicted octanol–water partition coefficient (Wildman–Crippen LogP) is 2.48. The van der Waals surface area contributed by atoms with Gasteiger partial charge < -0.3 is 10.5 Å². The van der Waals surface area contributed by atoms with E-state index in [9.17, 15) is 0 Å². The molecule has 1 heterocycles. The Bertz CT molecular complexity index is 280. The van der Waals surface area contributed by atoms with Crippen molar-refractivity contribution < 1.29 is 4.74 Å². The Balaban J connectivity index is 2.84. The molecule has 1 unspecified atom stereocenters. The van der Waals surface area contributed by atoms with E-state index in [0.717, 1.165) is 0 Å². The molecular formula is C10H17NOS. The molecule has 0 spiro atoms. The summed E-state index contributed by atoms with van der Waals surface area (Å²) in [5.74, 6) is 0. The van der Waals surface area contributed by atoms with Crippen molar-refractivity contribution in [1.82, 2.24) is 0 Å². The number of ether oxygens (including phenoxy) is 1. The fraction of sp³-hybridized carbons (Fsp3) is 0.600. The molecule has 0 aromatic carbocycles. The van der Waals surface area contributed by atoms with Crippen LogP contribution in [0.1, 0.15) is 29.6 Å². The fourth-order valence-electron chi connectivity index (χ4n) is 1.09. The zero-order valence-electron chi connectivity index (χ0n) is 8.63. The van der Waals surface area contributed by atoms with Gasteiger partial charge in [-0.15, -0.1) is 11.3 Å². The molecule has 0 saturated heterocycles. The SMILES string of the molecule is COC(C)(C)C(N)c1ccc(C)s1. The maximum Gasteiger partial charge on any atom is 0.0822 e. The van der Waals surface area contributed by atoms with Crippen molar-refractivity contribution in [3.8, 4) is 0 Å². The highest BCUT2D eigenvalue weighted by molar-refractivity contribution is 7.12. The molecule has 2 N–H and O–H groups in total. The van der Waals surface area contributed by atoms with Crippen LogP contribution < -0.4 is 5.73 Å². The second kappa shape index (κ2) is 3.78. The summed E-state index contributed by atoms with van der Waals surface area (Å²) < 4.78 is 5.34. The Morgan fingerprint density at radius 2 is 2.08 bits per heavy atom. The van der Waals surface area contributed by atoms with Crippen LogP contribution in [0.15, 0.2) is 12.1 Å². The van der Waals surface area contributed by atoms with Gasteiger partial charge in [-0.25, -0.2) is 0 Å². The number of methoxy groups -OCH3 is 1. The molecule has 0 fully saturated rings. The standard InChI is InChI=1S/C10H17NOS/c1-7-5-6-8(13-7)9(11)10(2,3)12-4/h5-6,9H,11H2,1-4H3. The first-order valence-corrected chi connectivity index (χ1v) is 5.16. The van der Waals surface area contributed by atoms with Crippen molar-refractivity contribution in [2.24, 2.45) is 5.73 Å². The van der Waals surface area contributed by atoms with E-state index >= 15 is 0 Å². The molecular weight excluding hydrogens is 182 g/mol. The third-order valence-corrected chi connectivity index (χ3v) is 3.43. The van der Waals surface area contributed by atoms with E-state index in [1.165, 1.54) is 9.75 Å². The highest BCUT2D eigenvalue weighted by Crippen LogP contribution is 2.30. The largest absolute Gasteiger partial charge is 0.377 e. The van der Waals surface area contributed by atoms with Crippen LogP contribution in [-0.4, -0.2) is 12.7 Å². The maximum absolute atomic E-state index is 6.08. The molecule has 0 aliphatic heterocycles. The van der Waals surface area contributed by atoms with E-state index in [0.29, 0.717) is 0 Å². The van der Waals surface area contributed by atoms with Gasteiger partial charge in [0.2, 0.25) is 0 Å². The highest BCUT2D eigenvalue weighted by atomic mass is 32.1. The average Bonchev–Trinajstić information content (AvgIpc) is 2.50. The number of hydrogen-bond donors (Lipinski definition) is 1. The van der Waals surface area contributed by atoms with Crippen molar-refractivity contribution in [3.63, 3.8) is 0 Å². The summed E-state index contributed by atoms with van der Waals surface area (Å²) in [5.41, 5.74) is 5.79. The van der Waals surface area contributed by atoms with E-state index in [1.807, 2.05) is 13.8 Å². The molecule has 1 aromatic rings. The van der Waals surface area contributed by atoms with Crippen LogP contribution in [0.3, 0.4) is 0 Å². The van der Waals surface area contributed by atoms with Crippen LogP contribution in [0, 0.1) is 6.92 Å². The molecule has 1 aromatic heterocycles. The van der Waals surface area contributed by atoms with Gasteiger partial charge in [-0.2, -0.15) is 0 Å². The minimum atomic E-state index is -0.294. The summed E-state index contributed by atoms with van der Waals surface area (Å²) in [5, 5.41) is 0. The van der Waals surface area contributed by atoms with E-state index < -0.39 is 0 Å². The Labute approximate surface area is 83.7 Å². The van der Waals surface area contributed by atoms with Crippen LogP contribution in [0.5, 0.6) is 0 Å². The number of thiophene rings is 1. The van der Waals surface area contributed by atoms with Gasteiger partial charge in [0.05, 0.1) is 11.6 Å². The number of hydrogen-bond acceptors (Lipinski definition) is 3. The lowest BCUT2D eigenvalue weighted by Gasteiger charge is -2.29. The van der Waals surface area contributed by atoms with Gasteiger partial charge in [0, 0.05) is 16.9 Å². The summed E-state index contributed by atoms with van der Waals surface area (Å²) in [4.78, 5) is 2.47. The van der Waals surface area contributed by atoms with Crippen molar-refractivity contribution >= 4 is 11.3 Å². The zero-order chi connectivity index (χ0) is 10.1. The first-order valence-electron chi connectivity index (χ1n) is 4.34. The quantitative estimate of drug-likeness (QED) is 0.811. The first kappa shape index (κ1) is 10.7. The van der Waals surface area contributed by atoms with E-state index in [4.69, 9.17) is 10.5 Å². The van der Waals surface area contributed by atoms with Crippen molar-refractivity contribution in [2.45, 2.75) is 32.4 Å². The summed E-state index contributed by atoms with van der Waals surface area (Å²) in [7, 11) is 1.69. The van der Waals surface area contributed by atoms with Gasteiger partial charge in [0.1, 0.15) is 0 Å². The Hall–Kier alpha value is -0.380. The molecule has 74 valence electrons. The second-order valence-corrected chi connectivity index (χ2v) is 5.05. The Morgan fingerprint density at radius 3 is 2.46 bits per heavy atom. The maximum atomic E-state index is 6.08. The Morgan fingerprint density at radius 1 is 1.46 bits per heavy atom. The minimum absolute atomic E-state index is 0.0452. The van der Waals surface area contributed by atoms with Gasteiger partial charge >= 0.3 is 0 Å². The summed E-state index contributed by atoms with van der Waals surface area (Å²) in [6.07, 6.45) is 0. The number of aryl methyl sites for hydroxylation is 1. The molecule has 0 radical (unpaired) electrons. The van der Waals surface area contributed by atoms with Crippen LogP contribution in [0.2, 0.25) is 0 Å². The number of nitrogens with two attached hydrogens (primary N) is 1. The molecule has 0 aliphatic carbocycles. The predicted molar refractivity (Wildman–Crippen MR) is 57.1 cm³/mol. The molecule has 1 rings (SSSR count). The van der Waals surface area contributed by atoms with Crippen molar-refractivity contribution in [2.75, 3.05) is 7.11 Å². The van der Waals surface area contributed by atoms with E-state index in [-0.39, 0.29) is 11.6 Å². The van der Waals surface area contributed by atoms with Gasteiger partial charge in [0.25, 0.3) is 0 Å². The number of rotatable bonds is 3. The molecule has 0 bridgehead atoms. The normalized spacial score (nSPS) is 14.5. The van der Waals surface area contributed by atoms with Gasteiger partial charge in [0.15, 0.2) is 0 Å². The lowest BCUT2D eigenvalue weighted by Crippen LogP contribution is -2.36.